The molecular formula is C19H18ClN5O. The highest BCUT2D eigenvalue weighted by atomic mass is 35.5. The Bertz CT molecular complexity index is 888. The summed E-state index contributed by atoms with van der Waals surface area (Å²) in [6.07, 6.45) is 5.95. The molecule has 0 radical (unpaired) electrons. The van der Waals surface area contributed by atoms with Crippen LogP contribution in [-0.2, 0) is 6.42 Å². The first-order valence-corrected chi connectivity index (χ1v) is 8.50. The Balaban J connectivity index is 1.67. The first-order chi connectivity index (χ1) is 12.6. The van der Waals surface area contributed by atoms with Crippen LogP contribution in [0.4, 0.5) is 11.6 Å². The summed E-state index contributed by atoms with van der Waals surface area (Å²) < 4.78 is 0. The van der Waals surface area contributed by atoms with Crippen molar-refractivity contribution >= 4 is 29.1 Å². The van der Waals surface area contributed by atoms with Gasteiger partial charge < -0.3 is 10.2 Å². The Hall–Kier alpha value is -2.99. The number of pyridine rings is 1. The zero-order valence-corrected chi connectivity index (χ0v) is 15.0. The second kappa shape index (κ2) is 8.40. The molecule has 0 aliphatic carbocycles. The molecule has 0 atom stereocenters. The maximum Gasteiger partial charge on any atom is 0.274 e. The average Bonchev–Trinajstić information content (AvgIpc) is 2.69. The zero-order chi connectivity index (χ0) is 18.4. The minimum absolute atomic E-state index is 0.283. The van der Waals surface area contributed by atoms with Crippen LogP contribution >= 0.6 is 11.6 Å². The van der Waals surface area contributed by atoms with Gasteiger partial charge in [-0.05, 0) is 42.3 Å². The van der Waals surface area contributed by atoms with Gasteiger partial charge in [-0.25, -0.2) is 9.97 Å². The summed E-state index contributed by atoms with van der Waals surface area (Å²) in [6, 6.07) is 12.6. The van der Waals surface area contributed by atoms with Gasteiger partial charge in [-0.1, -0.05) is 23.7 Å². The molecule has 0 bridgehead atoms. The van der Waals surface area contributed by atoms with Gasteiger partial charge in [0.05, 0.1) is 10.7 Å². The summed E-state index contributed by atoms with van der Waals surface area (Å²) in [6.45, 7) is 0.722. The number of nitrogens with one attached hydrogen (secondary N) is 1. The minimum atomic E-state index is -0.329. The van der Waals surface area contributed by atoms with Crippen molar-refractivity contribution < 1.29 is 4.79 Å². The molecule has 132 valence electrons. The predicted octanol–water partition coefficient (Wildman–Crippen LogP) is 3.46. The fraction of sp³-hybridized carbons (Fsp3) is 0.158. The summed E-state index contributed by atoms with van der Waals surface area (Å²) in [5.74, 6) is 0.162. The fourth-order valence-electron chi connectivity index (χ4n) is 2.35. The lowest BCUT2D eigenvalue weighted by atomic mass is 10.2. The number of benzene rings is 1. The van der Waals surface area contributed by atoms with Crippen LogP contribution in [0.15, 0.2) is 61.1 Å². The number of hydrogen-bond donors (Lipinski definition) is 1. The lowest BCUT2D eigenvalue weighted by molar-refractivity contribution is 0.102. The number of hydrogen-bond acceptors (Lipinski definition) is 5. The Morgan fingerprint density at radius 3 is 2.65 bits per heavy atom. The molecule has 7 heteroatoms. The molecular weight excluding hydrogens is 350 g/mol. The number of para-hydroxylation sites is 1. The number of carbonyl (C=O) groups is 1. The number of carbonyl (C=O) groups excluding carboxylic acids is 1. The van der Waals surface area contributed by atoms with Crippen LogP contribution in [0.25, 0.3) is 0 Å². The monoisotopic (exact) mass is 367 g/mol. The first-order valence-electron chi connectivity index (χ1n) is 8.12. The van der Waals surface area contributed by atoms with Gasteiger partial charge in [0.15, 0.2) is 0 Å². The lowest BCUT2D eigenvalue weighted by Crippen LogP contribution is -2.24. The third-order valence-electron chi connectivity index (χ3n) is 3.82. The van der Waals surface area contributed by atoms with E-state index >= 15 is 0 Å². The first kappa shape index (κ1) is 17.8. The average molecular weight is 368 g/mol. The van der Waals surface area contributed by atoms with Crippen molar-refractivity contribution in [3.63, 3.8) is 0 Å². The van der Waals surface area contributed by atoms with Gasteiger partial charge in [-0.15, -0.1) is 0 Å². The van der Waals surface area contributed by atoms with Crippen LogP contribution in [0, 0.1) is 0 Å². The number of rotatable bonds is 6. The molecule has 2 heterocycles. The van der Waals surface area contributed by atoms with Crippen molar-refractivity contribution in [3.05, 3.63) is 77.3 Å². The number of anilines is 2. The number of aromatic nitrogens is 3. The quantitative estimate of drug-likeness (QED) is 0.722. The summed E-state index contributed by atoms with van der Waals surface area (Å²) in [4.78, 5) is 27.0. The number of amides is 1. The zero-order valence-electron chi connectivity index (χ0n) is 14.3. The van der Waals surface area contributed by atoms with Gasteiger partial charge in [0, 0.05) is 32.2 Å². The molecule has 1 amide bonds. The summed E-state index contributed by atoms with van der Waals surface area (Å²) in [7, 11) is 1.90. The van der Waals surface area contributed by atoms with Crippen molar-refractivity contribution in [2.24, 2.45) is 0 Å². The molecule has 0 spiro atoms. The molecule has 0 saturated heterocycles. The fourth-order valence-corrected chi connectivity index (χ4v) is 2.54. The molecule has 0 aliphatic rings. The maximum atomic E-state index is 12.4. The molecule has 3 rings (SSSR count). The third-order valence-corrected chi connectivity index (χ3v) is 4.15. The number of nitrogens with zero attached hydrogens (tertiary/aromatic N) is 4. The molecule has 0 saturated carbocycles. The van der Waals surface area contributed by atoms with E-state index in [1.165, 1.54) is 5.56 Å². The van der Waals surface area contributed by atoms with Crippen molar-refractivity contribution in [1.29, 1.82) is 0 Å². The largest absolute Gasteiger partial charge is 0.344 e. The van der Waals surface area contributed by atoms with Gasteiger partial charge in [0.1, 0.15) is 5.69 Å². The topological polar surface area (TPSA) is 71.0 Å². The Morgan fingerprint density at radius 1 is 1.12 bits per heavy atom. The van der Waals surface area contributed by atoms with Crippen molar-refractivity contribution in [2.75, 3.05) is 23.8 Å². The third kappa shape index (κ3) is 4.55. The summed E-state index contributed by atoms with van der Waals surface area (Å²) >= 11 is 6.08. The molecule has 0 fully saturated rings. The van der Waals surface area contributed by atoms with Crippen LogP contribution in [-0.4, -0.2) is 34.5 Å². The molecule has 0 aliphatic heterocycles. The molecule has 1 aromatic carbocycles. The highest BCUT2D eigenvalue weighted by molar-refractivity contribution is 6.33. The van der Waals surface area contributed by atoms with E-state index in [1.807, 2.05) is 24.1 Å². The summed E-state index contributed by atoms with van der Waals surface area (Å²) in [5, 5.41) is 3.24. The van der Waals surface area contributed by atoms with Crippen LogP contribution < -0.4 is 10.2 Å². The van der Waals surface area contributed by atoms with E-state index in [0.29, 0.717) is 16.7 Å². The number of likely N-dealkylation sites (N-methyl/N-ethyl adjacent to an activating group) is 1. The van der Waals surface area contributed by atoms with Crippen LogP contribution in [0.5, 0.6) is 0 Å². The van der Waals surface area contributed by atoms with E-state index in [1.54, 1.807) is 48.9 Å². The van der Waals surface area contributed by atoms with Crippen LogP contribution in [0.3, 0.4) is 0 Å². The standard InChI is InChI=1S/C19H18ClN5O/c1-25(13-9-14-6-10-21-11-7-14)19-22-12-8-17(24-19)18(26)23-16-5-3-2-4-15(16)20/h2-8,10-12H,9,13H2,1H3,(H,23,26). The van der Waals surface area contributed by atoms with Crippen molar-refractivity contribution in [3.8, 4) is 0 Å². The highest BCUT2D eigenvalue weighted by Crippen LogP contribution is 2.21. The minimum Gasteiger partial charge on any atom is -0.344 e. The van der Waals surface area contributed by atoms with E-state index < -0.39 is 0 Å². The van der Waals surface area contributed by atoms with Crippen molar-refractivity contribution in [2.45, 2.75) is 6.42 Å². The SMILES string of the molecule is CN(CCc1ccncc1)c1nccc(C(=O)Nc2ccccc2Cl)n1. The smallest absolute Gasteiger partial charge is 0.274 e. The molecule has 3 aromatic rings. The van der Waals surface area contributed by atoms with Crippen LogP contribution in [0.2, 0.25) is 5.02 Å². The molecule has 0 unspecified atom stereocenters. The Kier molecular flexibility index (Phi) is 5.76. The molecule has 6 nitrogen and oxygen atoms in total. The van der Waals surface area contributed by atoms with Gasteiger partial charge in [0.2, 0.25) is 5.95 Å². The maximum absolute atomic E-state index is 12.4. The normalized spacial score (nSPS) is 10.4. The predicted molar refractivity (Wildman–Crippen MR) is 103 cm³/mol. The van der Waals surface area contributed by atoms with Gasteiger partial charge in [-0.2, -0.15) is 0 Å². The van der Waals surface area contributed by atoms with E-state index in [2.05, 4.69) is 20.3 Å². The Morgan fingerprint density at radius 2 is 1.88 bits per heavy atom. The molecule has 2 aromatic heterocycles. The van der Waals surface area contributed by atoms with E-state index in [-0.39, 0.29) is 11.6 Å². The van der Waals surface area contributed by atoms with E-state index in [0.717, 1.165) is 13.0 Å². The van der Waals surface area contributed by atoms with E-state index in [4.69, 9.17) is 11.6 Å². The second-order valence-electron chi connectivity index (χ2n) is 5.70. The molecule has 1 N–H and O–H groups in total. The van der Waals surface area contributed by atoms with Gasteiger partial charge in [-0.3, -0.25) is 9.78 Å². The van der Waals surface area contributed by atoms with Gasteiger partial charge >= 0.3 is 0 Å². The second-order valence-corrected chi connectivity index (χ2v) is 6.11. The highest BCUT2D eigenvalue weighted by Gasteiger charge is 2.12. The van der Waals surface area contributed by atoms with Crippen molar-refractivity contribution in [1.82, 2.24) is 15.0 Å². The lowest BCUT2D eigenvalue weighted by Gasteiger charge is -2.17. The summed E-state index contributed by atoms with van der Waals surface area (Å²) in [5.41, 5.74) is 2.01. The Labute approximate surface area is 156 Å². The van der Waals surface area contributed by atoms with Crippen LogP contribution in [0.1, 0.15) is 16.1 Å². The van der Waals surface area contributed by atoms with E-state index in [9.17, 15) is 4.79 Å². The van der Waals surface area contributed by atoms with Gasteiger partial charge in [0.25, 0.3) is 5.91 Å². The number of halogens is 1. The molecule has 26 heavy (non-hydrogen) atoms.